The molecular formula is C28H37BrN6O3. The molecule has 9 nitrogen and oxygen atoms in total. The van der Waals surface area contributed by atoms with Crippen molar-refractivity contribution in [3.05, 3.63) is 41.7 Å². The first kappa shape index (κ1) is 26.7. The van der Waals surface area contributed by atoms with E-state index in [4.69, 9.17) is 9.72 Å². The van der Waals surface area contributed by atoms with Gasteiger partial charge in [-0.05, 0) is 70.2 Å². The van der Waals surface area contributed by atoms with E-state index in [-0.39, 0.29) is 24.0 Å². The van der Waals surface area contributed by atoms with Crippen LogP contribution in [0.15, 0.2) is 30.5 Å². The van der Waals surface area contributed by atoms with Gasteiger partial charge in [0.15, 0.2) is 0 Å². The van der Waals surface area contributed by atoms with Crippen molar-refractivity contribution in [2.45, 2.75) is 70.9 Å². The van der Waals surface area contributed by atoms with E-state index >= 15 is 0 Å². The van der Waals surface area contributed by atoms with E-state index in [2.05, 4.69) is 37.4 Å². The Bertz CT molecular complexity index is 1170. The number of carbonyl (C=O) groups is 2. The number of fused-ring (bicyclic) bond motifs is 1. The van der Waals surface area contributed by atoms with Gasteiger partial charge in [0.2, 0.25) is 5.91 Å². The molecule has 204 valence electrons. The Kier molecular flexibility index (Phi) is 7.53. The van der Waals surface area contributed by atoms with E-state index in [1.807, 2.05) is 52.1 Å². The van der Waals surface area contributed by atoms with Gasteiger partial charge in [0.25, 0.3) is 0 Å². The third-order valence-electron chi connectivity index (χ3n) is 7.69. The molecule has 3 aliphatic rings. The summed E-state index contributed by atoms with van der Waals surface area (Å²) in [6.45, 7) is 10.3. The largest absolute Gasteiger partial charge is 0.444 e. The van der Waals surface area contributed by atoms with Crippen LogP contribution >= 0.6 is 16.1 Å². The number of nitrogens with zero attached hydrogens (tertiary/aromatic N) is 5. The zero-order chi connectivity index (χ0) is 27.0. The minimum absolute atomic E-state index is 0.0649. The zero-order valence-corrected chi connectivity index (χ0v) is 24.2. The molecule has 2 aromatic heterocycles. The summed E-state index contributed by atoms with van der Waals surface area (Å²) in [7, 11) is 0. The lowest BCUT2D eigenvalue weighted by Crippen LogP contribution is -2.50. The Morgan fingerprint density at radius 1 is 1.05 bits per heavy atom. The van der Waals surface area contributed by atoms with Gasteiger partial charge in [-0.15, -0.1) is 0 Å². The summed E-state index contributed by atoms with van der Waals surface area (Å²) in [5.41, 5.74) is 2.51. The molecule has 2 atom stereocenters. The van der Waals surface area contributed by atoms with E-state index in [1.165, 1.54) is 12.8 Å². The first-order valence-corrected chi connectivity index (χ1v) is 14.3. The van der Waals surface area contributed by atoms with Crippen LogP contribution in [0.5, 0.6) is 0 Å². The van der Waals surface area contributed by atoms with Gasteiger partial charge in [-0.2, -0.15) is 0 Å². The molecule has 1 aliphatic carbocycles. The highest BCUT2D eigenvalue weighted by Crippen LogP contribution is 2.46. The maximum absolute atomic E-state index is 13.2. The molecule has 1 saturated carbocycles. The van der Waals surface area contributed by atoms with Gasteiger partial charge < -0.3 is 19.9 Å². The fourth-order valence-corrected chi connectivity index (χ4v) is 6.13. The Balaban J connectivity index is 1.25. The molecule has 2 amide bonds. The minimum Gasteiger partial charge on any atom is -0.444 e. The number of rotatable bonds is 4. The van der Waals surface area contributed by atoms with Crippen LogP contribution in [0.25, 0.3) is 0 Å². The number of carbonyl (C=O) groups excluding carboxylic acids is 2. The van der Waals surface area contributed by atoms with Crippen LogP contribution in [0.1, 0.15) is 76.6 Å². The summed E-state index contributed by atoms with van der Waals surface area (Å²) in [6.07, 6.45) is 6.07. The monoisotopic (exact) mass is 584 g/mol. The summed E-state index contributed by atoms with van der Waals surface area (Å²) in [5, 5.41) is 3.33. The molecule has 10 heteroatoms. The second-order valence-electron chi connectivity index (χ2n) is 11.5. The number of hydrogen-bond donors (Lipinski definition) is 1. The molecule has 1 N–H and O–H groups in total. The summed E-state index contributed by atoms with van der Waals surface area (Å²) >= 11 is 3.51. The van der Waals surface area contributed by atoms with Gasteiger partial charge in [-0.25, -0.2) is 14.8 Å². The van der Waals surface area contributed by atoms with Crippen LogP contribution in [0.2, 0.25) is 0 Å². The van der Waals surface area contributed by atoms with Gasteiger partial charge in [0.05, 0.1) is 45.7 Å². The molecule has 0 bridgehead atoms. The number of halogens is 1. The number of anilines is 3. The number of amides is 2. The third kappa shape index (κ3) is 5.60. The molecular weight excluding hydrogens is 548 g/mol. The van der Waals surface area contributed by atoms with Gasteiger partial charge in [-0.3, -0.25) is 8.72 Å². The van der Waals surface area contributed by atoms with E-state index in [0.29, 0.717) is 30.6 Å². The topological polar surface area (TPSA) is 90.9 Å². The first-order valence-electron chi connectivity index (χ1n) is 13.6. The summed E-state index contributed by atoms with van der Waals surface area (Å²) in [6, 6.07) is 7.95. The van der Waals surface area contributed by atoms with Gasteiger partial charge in [0.1, 0.15) is 17.2 Å². The van der Waals surface area contributed by atoms with Crippen molar-refractivity contribution in [2.24, 2.45) is 5.92 Å². The number of hydrogen-bond acceptors (Lipinski definition) is 7. The molecule has 0 radical (unpaired) electrons. The Morgan fingerprint density at radius 2 is 1.74 bits per heavy atom. The maximum atomic E-state index is 13.2. The molecule has 2 aliphatic heterocycles. The Morgan fingerprint density at radius 3 is 2.37 bits per heavy atom. The smallest absolute Gasteiger partial charge is 0.410 e. The van der Waals surface area contributed by atoms with Gasteiger partial charge in [0, 0.05) is 26.2 Å². The summed E-state index contributed by atoms with van der Waals surface area (Å²) in [5.74, 6) is 1.63. The molecule has 0 aromatic carbocycles. The molecule has 2 unspecified atom stereocenters. The Labute approximate surface area is 233 Å². The van der Waals surface area contributed by atoms with Crippen LogP contribution in [-0.2, 0) is 9.53 Å². The van der Waals surface area contributed by atoms with Crippen molar-refractivity contribution in [1.29, 1.82) is 0 Å². The molecule has 0 spiro atoms. The number of pyridine rings is 2. The highest BCUT2D eigenvalue weighted by Gasteiger charge is 2.43. The fraction of sp³-hybridized carbons (Fsp3) is 0.571. The lowest BCUT2D eigenvalue weighted by molar-refractivity contribution is -0.130. The maximum Gasteiger partial charge on any atom is 0.410 e. The lowest BCUT2D eigenvalue weighted by atomic mass is 9.81. The average Bonchev–Trinajstić information content (AvgIpc) is 3.41. The fourth-order valence-electron chi connectivity index (χ4n) is 5.69. The van der Waals surface area contributed by atoms with Crippen LogP contribution < -0.4 is 10.2 Å². The molecule has 1 saturated heterocycles. The molecule has 5 rings (SSSR count). The number of piperazine rings is 1. The van der Waals surface area contributed by atoms with Crippen LogP contribution in [-0.4, -0.2) is 62.6 Å². The van der Waals surface area contributed by atoms with Gasteiger partial charge >= 0.3 is 6.09 Å². The quantitative estimate of drug-likeness (QED) is 0.456. The van der Waals surface area contributed by atoms with Crippen LogP contribution in [0.3, 0.4) is 0 Å². The minimum atomic E-state index is -0.493. The predicted octanol–water partition coefficient (Wildman–Crippen LogP) is 5.76. The van der Waals surface area contributed by atoms with Crippen LogP contribution in [0, 0.1) is 5.92 Å². The summed E-state index contributed by atoms with van der Waals surface area (Å²) in [4.78, 5) is 39.1. The van der Waals surface area contributed by atoms with Crippen molar-refractivity contribution < 1.29 is 14.3 Å². The van der Waals surface area contributed by atoms with Crippen molar-refractivity contribution in [2.75, 3.05) is 36.4 Å². The zero-order valence-electron chi connectivity index (χ0n) is 22.6. The van der Waals surface area contributed by atoms with Crippen molar-refractivity contribution >= 4 is 45.5 Å². The van der Waals surface area contributed by atoms with E-state index in [0.717, 1.165) is 42.9 Å². The second-order valence-corrected chi connectivity index (χ2v) is 12.3. The van der Waals surface area contributed by atoms with Crippen LogP contribution in [0.4, 0.5) is 22.1 Å². The van der Waals surface area contributed by atoms with Crippen molar-refractivity contribution in [3.63, 3.8) is 0 Å². The van der Waals surface area contributed by atoms with E-state index in [9.17, 15) is 9.59 Å². The first-order chi connectivity index (χ1) is 18.1. The molecule has 38 heavy (non-hydrogen) atoms. The normalized spacial score (nSPS) is 22.4. The number of ether oxygens (including phenoxy) is 1. The van der Waals surface area contributed by atoms with Crippen molar-refractivity contribution in [1.82, 2.24) is 18.8 Å². The van der Waals surface area contributed by atoms with Crippen molar-refractivity contribution in [3.8, 4) is 0 Å². The third-order valence-corrected chi connectivity index (χ3v) is 8.65. The SMILES string of the molecule is CC1c2ccc(Nc3ccc(N4CCN(C(=O)OC(C)(C)C)CC4)cn3)nc2C(C2CCCC2)C(=O)N1Br. The average molecular weight is 586 g/mol. The molecule has 2 aromatic rings. The highest BCUT2D eigenvalue weighted by molar-refractivity contribution is 9.07. The highest BCUT2D eigenvalue weighted by atomic mass is 79.9. The lowest BCUT2D eigenvalue weighted by Gasteiger charge is -2.37. The molecule has 2 fully saturated rings. The second kappa shape index (κ2) is 10.7. The summed E-state index contributed by atoms with van der Waals surface area (Å²) < 4.78 is 7.19. The van der Waals surface area contributed by atoms with E-state index in [1.54, 1.807) is 8.83 Å². The number of aromatic nitrogens is 2. The van der Waals surface area contributed by atoms with E-state index < -0.39 is 5.60 Å². The molecule has 4 heterocycles. The number of nitrogens with one attached hydrogen (secondary N) is 1. The predicted molar refractivity (Wildman–Crippen MR) is 151 cm³/mol. The van der Waals surface area contributed by atoms with Gasteiger partial charge in [-0.1, -0.05) is 18.9 Å². The Hall–Kier alpha value is -2.88. The standard InChI is InChI=1S/C28H37BrN6O3/c1-18-21-10-12-23(32-25(21)24(26(36)35(18)29)19-7-5-6-8-19)31-22-11-9-20(17-30-22)33-13-15-34(16-14-33)27(37)38-28(2,3)4/h9-12,17-19,24H,5-8,13-16H2,1-4H3,(H,30,31,32).